The molecule has 0 aliphatic heterocycles. The molecule has 0 heterocycles. The Bertz CT molecular complexity index is 28.7. The number of rotatable bonds is 2. The smallest absolute Gasteiger partial charge is 0.114 e. The average Bonchev–Trinajstić information content (AvgIpc) is 1.35. The highest BCUT2D eigenvalue weighted by Crippen LogP contribution is 1.97. The first-order chi connectivity index (χ1) is 2.77. The predicted octanol–water partition coefficient (Wildman–Crippen LogP) is 1.95. The van der Waals surface area contributed by atoms with Crippen molar-refractivity contribution in [2.45, 2.75) is 25.9 Å². The molecule has 0 spiro atoms. The average molecular weight is 119 g/mol. The summed E-state index contributed by atoms with van der Waals surface area (Å²) in [5.41, 5.74) is 0. The van der Waals surface area contributed by atoms with Crippen LogP contribution in [0.3, 0.4) is 0 Å². The van der Waals surface area contributed by atoms with E-state index in [1.807, 2.05) is 0 Å². The third-order valence-electron chi connectivity index (χ3n) is 0.612. The van der Waals surface area contributed by atoms with Crippen molar-refractivity contribution in [3.8, 4) is 0 Å². The van der Waals surface area contributed by atoms with Crippen LogP contribution in [-0.4, -0.2) is 7.95 Å². The Morgan fingerprint density at radius 2 is 2.17 bits per heavy atom. The van der Waals surface area contributed by atoms with Crippen molar-refractivity contribution in [1.29, 1.82) is 0 Å². The van der Waals surface area contributed by atoms with Crippen LogP contribution in [0.1, 0.15) is 13.3 Å². The zero-order valence-electron chi connectivity index (χ0n) is 4.36. The van der Waals surface area contributed by atoms with Crippen molar-refractivity contribution < 1.29 is 0 Å². The van der Waals surface area contributed by atoms with E-state index in [-0.39, 0.29) is 7.95 Å². The van der Waals surface area contributed by atoms with Crippen LogP contribution < -0.4 is 0 Å². The lowest BCUT2D eigenvalue weighted by atomic mass is 10.6. The van der Waals surface area contributed by atoms with Gasteiger partial charge in [-0.1, -0.05) is 25.9 Å². The Morgan fingerprint density at radius 3 is 2.17 bits per heavy atom. The summed E-state index contributed by atoms with van der Waals surface area (Å²) < 4.78 is 0. The molecule has 0 aliphatic carbocycles. The fraction of sp³-hybridized carbons (Fsp3) is 1.00. The van der Waals surface area contributed by atoms with Gasteiger partial charge >= 0.3 is 0 Å². The molecule has 0 aromatic heterocycles. The molecule has 0 atom stereocenters. The van der Waals surface area contributed by atoms with E-state index in [2.05, 4.69) is 25.5 Å². The Hall–Kier alpha value is 0.567. The summed E-state index contributed by atoms with van der Waals surface area (Å²) in [5, 5.41) is 0. The number of hydrogen-bond donors (Lipinski definition) is 1. The maximum atomic E-state index is 4.28. The Kier molecular flexibility index (Phi) is 4.10. The molecule has 0 aromatic carbocycles. The Balaban J connectivity index is 2.63. The minimum atomic E-state index is -0.191. The lowest BCUT2D eigenvalue weighted by Crippen LogP contribution is -1.91. The van der Waals surface area contributed by atoms with Crippen LogP contribution in [0.4, 0.5) is 0 Å². The minimum absolute atomic E-state index is 0.191. The molecular weight excluding hydrogens is 108 g/mol. The van der Waals surface area contributed by atoms with Crippen LogP contribution in [-0.2, 0) is 0 Å². The van der Waals surface area contributed by atoms with Gasteiger partial charge in [-0.2, -0.15) is 0 Å². The fourth-order valence-corrected chi connectivity index (χ4v) is 1.76. The van der Waals surface area contributed by atoms with Crippen molar-refractivity contribution >= 4 is 20.0 Å². The van der Waals surface area contributed by atoms with Crippen LogP contribution in [0.5, 0.6) is 0 Å². The van der Waals surface area contributed by atoms with Gasteiger partial charge in [-0.3, -0.25) is 0 Å². The maximum absolute atomic E-state index is 4.28. The number of thiol groups is 1. The molecule has 0 bridgehead atoms. The van der Waals surface area contributed by atoms with Crippen LogP contribution in [0.2, 0.25) is 12.6 Å². The first kappa shape index (κ1) is 6.57. The maximum Gasteiger partial charge on any atom is 0.114 e. The SMILES string of the molecule is CCC[Si](C)S. The molecule has 0 aliphatic rings. The van der Waals surface area contributed by atoms with Crippen molar-refractivity contribution in [1.82, 2.24) is 0 Å². The van der Waals surface area contributed by atoms with E-state index in [4.69, 9.17) is 0 Å². The molecule has 0 fully saturated rings. The normalized spacial score (nSPS) is 10.0. The molecule has 6 heavy (non-hydrogen) atoms. The second-order valence-corrected chi connectivity index (χ2v) is 5.75. The summed E-state index contributed by atoms with van der Waals surface area (Å²) in [7, 11) is -0.191. The highest BCUT2D eigenvalue weighted by Gasteiger charge is 1.90. The Labute approximate surface area is 46.6 Å². The highest BCUT2D eigenvalue weighted by atomic mass is 32.3. The van der Waals surface area contributed by atoms with Gasteiger partial charge in [-0.05, 0) is 0 Å². The van der Waals surface area contributed by atoms with Gasteiger partial charge in [0.05, 0.1) is 0 Å². The molecule has 0 rings (SSSR count). The van der Waals surface area contributed by atoms with Crippen molar-refractivity contribution in [2.24, 2.45) is 0 Å². The molecule has 0 amide bonds. The van der Waals surface area contributed by atoms with Gasteiger partial charge in [0.2, 0.25) is 0 Å². The Morgan fingerprint density at radius 1 is 1.67 bits per heavy atom. The summed E-state index contributed by atoms with van der Waals surface area (Å²) in [5.74, 6) is 0. The van der Waals surface area contributed by atoms with E-state index in [0.29, 0.717) is 0 Å². The third-order valence-corrected chi connectivity index (χ3v) is 2.51. The largest absolute Gasteiger partial charge is 0.204 e. The van der Waals surface area contributed by atoms with E-state index in [1.165, 1.54) is 12.5 Å². The van der Waals surface area contributed by atoms with Gasteiger partial charge in [-0.25, -0.2) is 12.1 Å². The first-order valence-corrected chi connectivity index (χ1v) is 5.78. The van der Waals surface area contributed by atoms with Gasteiger partial charge < -0.3 is 0 Å². The minimum Gasteiger partial charge on any atom is -0.204 e. The summed E-state index contributed by atoms with van der Waals surface area (Å²) in [4.78, 5) is 0. The summed E-state index contributed by atoms with van der Waals surface area (Å²) in [6, 6.07) is 1.34. The molecule has 0 saturated carbocycles. The molecular formula is C4H11SSi. The predicted molar refractivity (Wildman–Crippen MR) is 35.7 cm³/mol. The van der Waals surface area contributed by atoms with Crippen molar-refractivity contribution in [2.75, 3.05) is 0 Å². The van der Waals surface area contributed by atoms with Crippen LogP contribution in [0, 0.1) is 0 Å². The topological polar surface area (TPSA) is 0 Å². The third kappa shape index (κ3) is 4.57. The highest BCUT2D eigenvalue weighted by molar-refractivity contribution is 8.10. The molecule has 0 aromatic rings. The lowest BCUT2D eigenvalue weighted by Gasteiger charge is -1.91. The second kappa shape index (κ2) is 3.75. The summed E-state index contributed by atoms with van der Waals surface area (Å²) in [6.07, 6.45) is 1.30. The van der Waals surface area contributed by atoms with E-state index in [9.17, 15) is 0 Å². The van der Waals surface area contributed by atoms with Crippen molar-refractivity contribution in [3.05, 3.63) is 0 Å². The quantitative estimate of drug-likeness (QED) is 0.417. The summed E-state index contributed by atoms with van der Waals surface area (Å²) in [6.45, 7) is 4.42. The summed E-state index contributed by atoms with van der Waals surface area (Å²) >= 11 is 4.28. The van der Waals surface area contributed by atoms with E-state index < -0.39 is 0 Å². The van der Waals surface area contributed by atoms with E-state index >= 15 is 0 Å². The molecule has 0 saturated heterocycles. The van der Waals surface area contributed by atoms with Crippen LogP contribution in [0.15, 0.2) is 0 Å². The van der Waals surface area contributed by atoms with E-state index in [0.717, 1.165) is 0 Å². The zero-order chi connectivity index (χ0) is 4.99. The monoisotopic (exact) mass is 119 g/mol. The molecule has 0 unspecified atom stereocenters. The van der Waals surface area contributed by atoms with Gasteiger partial charge in [0.1, 0.15) is 7.95 Å². The first-order valence-electron chi connectivity index (χ1n) is 2.28. The molecule has 37 valence electrons. The molecule has 0 N–H and O–H groups in total. The molecule has 0 nitrogen and oxygen atoms in total. The molecule has 1 radical (unpaired) electrons. The fourth-order valence-electron chi connectivity index (χ4n) is 0.362. The number of hydrogen-bond acceptors (Lipinski definition) is 1. The second-order valence-electron chi connectivity index (χ2n) is 1.49. The van der Waals surface area contributed by atoms with Gasteiger partial charge in [-0.15, -0.1) is 0 Å². The zero-order valence-corrected chi connectivity index (χ0v) is 6.26. The van der Waals surface area contributed by atoms with Crippen LogP contribution >= 0.6 is 12.1 Å². The van der Waals surface area contributed by atoms with Crippen LogP contribution in [0.25, 0.3) is 0 Å². The van der Waals surface area contributed by atoms with Gasteiger partial charge in [0.25, 0.3) is 0 Å². The van der Waals surface area contributed by atoms with Gasteiger partial charge in [0.15, 0.2) is 0 Å². The standard InChI is InChI=1S/C4H11SSi/c1-3-4-6(2)5/h5H,3-4H2,1-2H3. The van der Waals surface area contributed by atoms with Crippen molar-refractivity contribution in [3.63, 3.8) is 0 Å². The van der Waals surface area contributed by atoms with E-state index in [1.54, 1.807) is 0 Å². The lowest BCUT2D eigenvalue weighted by molar-refractivity contribution is 1.07. The van der Waals surface area contributed by atoms with Gasteiger partial charge in [0, 0.05) is 0 Å². The molecule has 2 heteroatoms.